The van der Waals surface area contributed by atoms with E-state index in [2.05, 4.69) is 48.3 Å². The molecule has 2 heteroatoms. The number of hydrogen-bond donors (Lipinski definition) is 1. The van der Waals surface area contributed by atoms with Crippen LogP contribution in [0.3, 0.4) is 0 Å². The molecule has 2 nitrogen and oxygen atoms in total. The van der Waals surface area contributed by atoms with Crippen molar-refractivity contribution >= 4 is 0 Å². The number of rotatable bonds is 6. The van der Waals surface area contributed by atoms with E-state index in [1.807, 2.05) is 12.1 Å². The number of hydrogen-bond acceptors (Lipinski definition) is 2. The van der Waals surface area contributed by atoms with E-state index >= 15 is 0 Å². The van der Waals surface area contributed by atoms with Crippen LogP contribution in [0.1, 0.15) is 11.1 Å². The maximum absolute atomic E-state index is 9.42. The molecule has 2 aromatic rings. The minimum Gasteiger partial charge on any atom is -0.508 e. The van der Waals surface area contributed by atoms with E-state index in [-0.39, 0.29) is 0 Å². The quantitative estimate of drug-likeness (QED) is 0.857. The van der Waals surface area contributed by atoms with Gasteiger partial charge in [0.05, 0.1) is 0 Å². The van der Waals surface area contributed by atoms with Gasteiger partial charge in [0.1, 0.15) is 5.75 Å². The largest absolute Gasteiger partial charge is 0.508 e. The van der Waals surface area contributed by atoms with Gasteiger partial charge in [0.15, 0.2) is 0 Å². The number of benzene rings is 2. The topological polar surface area (TPSA) is 23.5 Å². The summed E-state index contributed by atoms with van der Waals surface area (Å²) >= 11 is 0. The number of nitrogens with zero attached hydrogens (tertiary/aromatic N) is 1. The lowest BCUT2D eigenvalue weighted by molar-refractivity contribution is 0.342. The molecule has 0 unspecified atom stereocenters. The first-order valence-electron chi connectivity index (χ1n) is 6.74. The van der Waals surface area contributed by atoms with Crippen molar-refractivity contribution in [3.63, 3.8) is 0 Å². The van der Waals surface area contributed by atoms with Gasteiger partial charge in [-0.3, -0.25) is 0 Å². The van der Waals surface area contributed by atoms with Crippen LogP contribution in [-0.4, -0.2) is 30.1 Å². The Bertz CT molecular complexity index is 496. The third kappa shape index (κ3) is 4.76. The highest BCUT2D eigenvalue weighted by Gasteiger charge is 2.01. The molecule has 2 rings (SSSR count). The Morgan fingerprint density at radius 1 is 0.842 bits per heavy atom. The standard InChI is InChI=1S/C17H21NO/c1-18(12-10-15-6-3-2-4-7-15)13-11-16-8-5-9-17(19)14-16/h2-9,14,19H,10-13H2,1H3. The van der Waals surface area contributed by atoms with Crippen molar-refractivity contribution in [1.29, 1.82) is 0 Å². The molecule has 0 radical (unpaired) electrons. The Hall–Kier alpha value is -1.80. The lowest BCUT2D eigenvalue weighted by Gasteiger charge is -2.16. The first-order chi connectivity index (χ1) is 9.24. The van der Waals surface area contributed by atoms with E-state index in [1.54, 1.807) is 6.07 Å². The van der Waals surface area contributed by atoms with Crippen LogP contribution in [0.15, 0.2) is 54.6 Å². The second-order valence-corrected chi connectivity index (χ2v) is 4.96. The lowest BCUT2D eigenvalue weighted by Crippen LogP contribution is -2.23. The lowest BCUT2D eigenvalue weighted by atomic mass is 10.1. The Labute approximate surface area is 115 Å². The summed E-state index contributed by atoms with van der Waals surface area (Å²) in [4.78, 5) is 2.33. The van der Waals surface area contributed by atoms with Gasteiger partial charge in [-0.05, 0) is 43.1 Å². The summed E-state index contributed by atoms with van der Waals surface area (Å²) in [6.07, 6.45) is 2.05. The van der Waals surface area contributed by atoms with Crippen LogP contribution in [0.4, 0.5) is 0 Å². The molecule has 1 N–H and O–H groups in total. The van der Waals surface area contributed by atoms with Crippen LogP contribution < -0.4 is 0 Å². The molecule has 0 spiro atoms. The van der Waals surface area contributed by atoms with E-state index in [0.29, 0.717) is 5.75 Å². The smallest absolute Gasteiger partial charge is 0.115 e. The third-order valence-corrected chi connectivity index (χ3v) is 3.32. The molecule has 0 aliphatic heterocycles. The van der Waals surface area contributed by atoms with Crippen LogP contribution in [0.25, 0.3) is 0 Å². The number of likely N-dealkylation sites (N-methyl/N-ethyl adjacent to an activating group) is 1. The van der Waals surface area contributed by atoms with Gasteiger partial charge in [-0.2, -0.15) is 0 Å². The molecular weight excluding hydrogens is 234 g/mol. The van der Waals surface area contributed by atoms with Crippen LogP contribution in [-0.2, 0) is 12.8 Å². The van der Waals surface area contributed by atoms with Gasteiger partial charge in [-0.1, -0.05) is 42.5 Å². The third-order valence-electron chi connectivity index (χ3n) is 3.32. The SMILES string of the molecule is CN(CCc1ccccc1)CCc1cccc(O)c1. The summed E-state index contributed by atoms with van der Waals surface area (Å²) in [5.74, 6) is 0.351. The van der Waals surface area contributed by atoms with Crippen molar-refractivity contribution in [3.05, 3.63) is 65.7 Å². The van der Waals surface area contributed by atoms with E-state index in [9.17, 15) is 5.11 Å². The maximum Gasteiger partial charge on any atom is 0.115 e. The van der Waals surface area contributed by atoms with Gasteiger partial charge >= 0.3 is 0 Å². The number of phenols is 1. The van der Waals surface area contributed by atoms with Gasteiger partial charge in [-0.25, -0.2) is 0 Å². The molecule has 19 heavy (non-hydrogen) atoms. The van der Waals surface area contributed by atoms with Gasteiger partial charge < -0.3 is 10.0 Å². The fourth-order valence-corrected chi connectivity index (χ4v) is 2.11. The van der Waals surface area contributed by atoms with Crippen molar-refractivity contribution in [1.82, 2.24) is 4.90 Å². The van der Waals surface area contributed by atoms with Crippen LogP contribution in [0.5, 0.6) is 5.75 Å². The predicted molar refractivity (Wildman–Crippen MR) is 79.5 cm³/mol. The zero-order chi connectivity index (χ0) is 13.5. The molecular formula is C17H21NO. The molecule has 0 amide bonds. The summed E-state index contributed by atoms with van der Waals surface area (Å²) in [6, 6.07) is 18.1. The van der Waals surface area contributed by atoms with Crippen molar-refractivity contribution in [2.24, 2.45) is 0 Å². The minimum atomic E-state index is 0.351. The summed E-state index contributed by atoms with van der Waals surface area (Å²) in [5.41, 5.74) is 2.57. The van der Waals surface area contributed by atoms with E-state index < -0.39 is 0 Å². The first kappa shape index (κ1) is 13.6. The van der Waals surface area contributed by atoms with Gasteiger partial charge in [0.25, 0.3) is 0 Å². The molecule has 0 heterocycles. The van der Waals surface area contributed by atoms with E-state index in [0.717, 1.165) is 25.9 Å². The molecule has 0 atom stereocenters. The zero-order valence-corrected chi connectivity index (χ0v) is 11.4. The Kier molecular flexibility index (Phi) is 4.99. The summed E-state index contributed by atoms with van der Waals surface area (Å²) in [7, 11) is 2.14. The second-order valence-electron chi connectivity index (χ2n) is 4.96. The monoisotopic (exact) mass is 255 g/mol. The Morgan fingerprint density at radius 3 is 2.16 bits per heavy atom. The van der Waals surface area contributed by atoms with Crippen molar-refractivity contribution in [2.45, 2.75) is 12.8 Å². The summed E-state index contributed by atoms with van der Waals surface area (Å²) in [5, 5.41) is 9.42. The molecule has 0 aliphatic rings. The van der Waals surface area contributed by atoms with Crippen molar-refractivity contribution < 1.29 is 5.11 Å². The molecule has 2 aromatic carbocycles. The van der Waals surface area contributed by atoms with Gasteiger partial charge in [0.2, 0.25) is 0 Å². The molecule has 0 saturated heterocycles. The molecule has 0 aliphatic carbocycles. The zero-order valence-electron chi connectivity index (χ0n) is 11.4. The molecule has 100 valence electrons. The average Bonchev–Trinajstić information content (AvgIpc) is 2.44. The minimum absolute atomic E-state index is 0.351. The highest BCUT2D eigenvalue weighted by Crippen LogP contribution is 2.11. The Balaban J connectivity index is 1.74. The molecule has 0 aromatic heterocycles. The normalized spacial score (nSPS) is 10.8. The van der Waals surface area contributed by atoms with Crippen LogP contribution in [0, 0.1) is 0 Å². The highest BCUT2D eigenvalue weighted by atomic mass is 16.3. The fourth-order valence-electron chi connectivity index (χ4n) is 2.11. The van der Waals surface area contributed by atoms with Gasteiger partial charge in [0, 0.05) is 13.1 Å². The Morgan fingerprint density at radius 2 is 1.47 bits per heavy atom. The maximum atomic E-state index is 9.42. The second kappa shape index (κ2) is 6.95. The molecule has 0 saturated carbocycles. The molecule has 0 fully saturated rings. The van der Waals surface area contributed by atoms with E-state index in [1.165, 1.54) is 11.1 Å². The predicted octanol–water partition coefficient (Wildman–Crippen LogP) is 3.11. The van der Waals surface area contributed by atoms with Crippen molar-refractivity contribution in [2.75, 3.05) is 20.1 Å². The highest BCUT2D eigenvalue weighted by molar-refractivity contribution is 5.27. The van der Waals surface area contributed by atoms with E-state index in [4.69, 9.17) is 0 Å². The van der Waals surface area contributed by atoms with Gasteiger partial charge in [-0.15, -0.1) is 0 Å². The molecule has 0 bridgehead atoms. The van der Waals surface area contributed by atoms with Crippen molar-refractivity contribution in [3.8, 4) is 5.75 Å². The average molecular weight is 255 g/mol. The number of phenolic OH excluding ortho intramolecular Hbond substituents is 1. The summed E-state index contributed by atoms with van der Waals surface area (Å²) < 4.78 is 0. The first-order valence-corrected chi connectivity index (χ1v) is 6.74. The van der Waals surface area contributed by atoms with Crippen LogP contribution >= 0.6 is 0 Å². The fraction of sp³-hybridized carbons (Fsp3) is 0.294. The summed E-state index contributed by atoms with van der Waals surface area (Å²) in [6.45, 7) is 2.07. The van der Waals surface area contributed by atoms with Crippen LogP contribution in [0.2, 0.25) is 0 Å². The number of aromatic hydroxyl groups is 1.